The molecule has 5 heteroatoms. The zero-order valence-corrected chi connectivity index (χ0v) is 6.85. The van der Waals surface area contributed by atoms with Crippen molar-refractivity contribution in [3.8, 4) is 0 Å². The second-order valence-electron chi connectivity index (χ2n) is 2.72. The number of nitro benzene ring substituents is 1. The number of oxazole rings is 1. The van der Waals surface area contributed by atoms with Crippen LogP contribution < -0.4 is 0 Å². The van der Waals surface area contributed by atoms with Crippen LogP contribution in [0.5, 0.6) is 0 Å². The van der Waals surface area contributed by atoms with Crippen LogP contribution in [0.25, 0.3) is 11.1 Å². The summed E-state index contributed by atoms with van der Waals surface area (Å²) in [5.74, 6) is 0. The monoisotopic (exact) mass is 178 g/mol. The van der Waals surface area contributed by atoms with Crippen LogP contribution in [0.4, 0.5) is 5.69 Å². The van der Waals surface area contributed by atoms with E-state index in [1.807, 2.05) is 0 Å². The van der Waals surface area contributed by atoms with Gasteiger partial charge in [-0.15, -0.1) is 0 Å². The summed E-state index contributed by atoms with van der Waals surface area (Å²) in [6.45, 7) is 1.67. The lowest BCUT2D eigenvalue weighted by molar-refractivity contribution is -0.385. The van der Waals surface area contributed by atoms with E-state index in [9.17, 15) is 10.1 Å². The van der Waals surface area contributed by atoms with E-state index in [0.29, 0.717) is 16.7 Å². The lowest BCUT2D eigenvalue weighted by Crippen LogP contribution is -1.90. The van der Waals surface area contributed by atoms with Gasteiger partial charge < -0.3 is 4.42 Å². The predicted molar refractivity (Wildman–Crippen MR) is 45.4 cm³/mol. The van der Waals surface area contributed by atoms with Gasteiger partial charge in [0.2, 0.25) is 0 Å². The maximum absolute atomic E-state index is 10.5. The number of fused-ring (bicyclic) bond motifs is 1. The van der Waals surface area contributed by atoms with Gasteiger partial charge in [0.1, 0.15) is 5.52 Å². The van der Waals surface area contributed by atoms with Crippen LogP contribution in [0.3, 0.4) is 0 Å². The molecule has 1 aromatic heterocycles. The molecule has 0 spiro atoms. The molecule has 0 aliphatic rings. The molecule has 1 aromatic carbocycles. The molecule has 0 unspecified atom stereocenters. The molecule has 0 saturated heterocycles. The first-order valence-electron chi connectivity index (χ1n) is 3.67. The average Bonchev–Trinajstić information content (AvgIpc) is 2.48. The third kappa shape index (κ3) is 1.14. The highest BCUT2D eigenvalue weighted by Gasteiger charge is 2.13. The summed E-state index contributed by atoms with van der Waals surface area (Å²) in [6.07, 6.45) is 1.27. The molecule has 2 aromatic rings. The number of aryl methyl sites for hydroxylation is 1. The first kappa shape index (κ1) is 7.72. The number of rotatable bonds is 1. The Balaban J connectivity index is 2.76. The Morgan fingerprint density at radius 1 is 1.54 bits per heavy atom. The maximum atomic E-state index is 10.5. The van der Waals surface area contributed by atoms with Crippen molar-refractivity contribution in [3.05, 3.63) is 34.2 Å². The Hall–Kier alpha value is -1.91. The highest BCUT2D eigenvalue weighted by Crippen LogP contribution is 2.23. The minimum Gasteiger partial charge on any atom is -0.443 e. The van der Waals surface area contributed by atoms with E-state index >= 15 is 0 Å². The van der Waals surface area contributed by atoms with Crippen molar-refractivity contribution in [1.29, 1.82) is 0 Å². The fraction of sp³-hybridized carbons (Fsp3) is 0.125. The molecule has 2 rings (SSSR count). The third-order valence-corrected chi connectivity index (χ3v) is 1.85. The van der Waals surface area contributed by atoms with E-state index in [1.54, 1.807) is 13.0 Å². The van der Waals surface area contributed by atoms with E-state index < -0.39 is 4.92 Å². The molecular formula is C8H6N2O3. The summed E-state index contributed by atoms with van der Waals surface area (Å²) in [6, 6.07) is 3.02. The zero-order chi connectivity index (χ0) is 9.42. The van der Waals surface area contributed by atoms with Gasteiger partial charge in [0.05, 0.1) is 11.0 Å². The number of aromatic nitrogens is 1. The fourth-order valence-electron chi connectivity index (χ4n) is 1.19. The summed E-state index contributed by atoms with van der Waals surface area (Å²) >= 11 is 0. The number of nitrogens with zero attached hydrogens (tertiary/aromatic N) is 2. The lowest BCUT2D eigenvalue weighted by atomic mass is 10.2. The highest BCUT2D eigenvalue weighted by molar-refractivity contribution is 5.76. The minimum atomic E-state index is -0.433. The topological polar surface area (TPSA) is 69.2 Å². The summed E-state index contributed by atoms with van der Waals surface area (Å²) in [4.78, 5) is 14.0. The molecule has 0 fully saturated rings. The zero-order valence-electron chi connectivity index (χ0n) is 6.85. The average molecular weight is 178 g/mol. The van der Waals surface area contributed by atoms with Gasteiger partial charge in [-0.25, -0.2) is 4.98 Å². The van der Waals surface area contributed by atoms with E-state index in [-0.39, 0.29) is 5.69 Å². The third-order valence-electron chi connectivity index (χ3n) is 1.85. The van der Waals surface area contributed by atoms with Gasteiger partial charge >= 0.3 is 0 Å². The summed E-state index contributed by atoms with van der Waals surface area (Å²) < 4.78 is 4.95. The molecule has 0 amide bonds. The summed E-state index contributed by atoms with van der Waals surface area (Å²) in [7, 11) is 0. The van der Waals surface area contributed by atoms with Crippen molar-refractivity contribution in [2.24, 2.45) is 0 Å². The maximum Gasteiger partial charge on any atom is 0.276 e. The summed E-state index contributed by atoms with van der Waals surface area (Å²) in [5, 5.41) is 10.5. The highest BCUT2D eigenvalue weighted by atomic mass is 16.6. The van der Waals surface area contributed by atoms with Gasteiger partial charge in [-0.05, 0) is 13.0 Å². The molecule has 0 saturated carbocycles. The lowest BCUT2D eigenvalue weighted by Gasteiger charge is -1.94. The van der Waals surface area contributed by atoms with Gasteiger partial charge in [-0.1, -0.05) is 0 Å². The smallest absolute Gasteiger partial charge is 0.276 e. The summed E-state index contributed by atoms with van der Waals surface area (Å²) in [5.41, 5.74) is 1.73. The fourth-order valence-corrected chi connectivity index (χ4v) is 1.19. The Labute approximate surface area is 73.1 Å². The van der Waals surface area contributed by atoms with Crippen LogP contribution in [0, 0.1) is 17.0 Å². The van der Waals surface area contributed by atoms with Crippen LogP contribution in [0.1, 0.15) is 5.56 Å². The molecule has 0 radical (unpaired) electrons. The Kier molecular flexibility index (Phi) is 1.51. The van der Waals surface area contributed by atoms with Gasteiger partial charge in [-0.3, -0.25) is 10.1 Å². The largest absolute Gasteiger partial charge is 0.443 e. The van der Waals surface area contributed by atoms with Gasteiger partial charge in [-0.2, -0.15) is 0 Å². The van der Waals surface area contributed by atoms with Crippen molar-refractivity contribution < 1.29 is 9.34 Å². The first-order chi connectivity index (χ1) is 6.18. The molecule has 13 heavy (non-hydrogen) atoms. The van der Waals surface area contributed by atoms with Gasteiger partial charge in [0.25, 0.3) is 5.69 Å². The number of nitro groups is 1. The van der Waals surface area contributed by atoms with Gasteiger partial charge in [0.15, 0.2) is 12.0 Å². The van der Waals surface area contributed by atoms with Crippen LogP contribution in [-0.2, 0) is 0 Å². The Bertz CT molecular complexity index is 475. The van der Waals surface area contributed by atoms with Crippen molar-refractivity contribution in [2.75, 3.05) is 0 Å². The van der Waals surface area contributed by atoms with Crippen LogP contribution in [-0.4, -0.2) is 9.91 Å². The molecule has 0 bridgehead atoms. The Morgan fingerprint density at radius 3 is 3.00 bits per heavy atom. The molecule has 0 aliphatic heterocycles. The van der Waals surface area contributed by atoms with Crippen LogP contribution >= 0.6 is 0 Å². The second kappa shape index (κ2) is 2.55. The van der Waals surface area contributed by atoms with Crippen molar-refractivity contribution >= 4 is 16.8 Å². The van der Waals surface area contributed by atoms with Crippen LogP contribution in [0.15, 0.2) is 22.9 Å². The van der Waals surface area contributed by atoms with Crippen molar-refractivity contribution in [1.82, 2.24) is 4.98 Å². The van der Waals surface area contributed by atoms with E-state index in [2.05, 4.69) is 4.98 Å². The first-order valence-corrected chi connectivity index (χ1v) is 3.67. The van der Waals surface area contributed by atoms with Crippen LogP contribution in [0.2, 0.25) is 0 Å². The molecule has 5 nitrogen and oxygen atoms in total. The SMILES string of the molecule is Cc1cc2ncoc2cc1[N+](=O)[O-]. The molecule has 66 valence electrons. The standard InChI is InChI=1S/C8H6N2O3/c1-5-2-6-8(13-4-9-6)3-7(5)10(11)12/h2-4H,1H3. The van der Waals surface area contributed by atoms with E-state index in [4.69, 9.17) is 4.42 Å². The van der Waals surface area contributed by atoms with Crippen molar-refractivity contribution in [3.63, 3.8) is 0 Å². The normalized spacial score (nSPS) is 10.5. The number of hydrogen-bond donors (Lipinski definition) is 0. The number of benzene rings is 1. The molecule has 0 N–H and O–H groups in total. The molecule has 0 atom stereocenters. The second-order valence-corrected chi connectivity index (χ2v) is 2.72. The Morgan fingerprint density at radius 2 is 2.31 bits per heavy atom. The molecular weight excluding hydrogens is 172 g/mol. The van der Waals surface area contributed by atoms with E-state index in [1.165, 1.54) is 12.5 Å². The van der Waals surface area contributed by atoms with Crippen molar-refractivity contribution in [2.45, 2.75) is 6.92 Å². The number of hydrogen-bond acceptors (Lipinski definition) is 4. The molecule has 0 aliphatic carbocycles. The van der Waals surface area contributed by atoms with Gasteiger partial charge in [0, 0.05) is 5.56 Å². The van der Waals surface area contributed by atoms with E-state index in [0.717, 1.165) is 0 Å². The minimum absolute atomic E-state index is 0.0595. The molecule has 1 heterocycles. The predicted octanol–water partition coefficient (Wildman–Crippen LogP) is 2.04. The quantitative estimate of drug-likeness (QED) is 0.495.